The summed E-state index contributed by atoms with van der Waals surface area (Å²) in [5.74, 6) is -4.35. The Kier molecular flexibility index (Phi) is 9.16. The van der Waals surface area contributed by atoms with Gasteiger partial charge in [0.2, 0.25) is 5.78 Å². The van der Waals surface area contributed by atoms with Gasteiger partial charge >= 0.3 is 5.97 Å². The molecule has 5 rings (SSSR count). The molecule has 1 amide bonds. The molecule has 0 spiro atoms. The fourth-order valence-corrected chi connectivity index (χ4v) is 8.44. The number of ether oxygens (including phenoxy) is 1. The van der Waals surface area contributed by atoms with Crippen molar-refractivity contribution < 1.29 is 53.5 Å². The van der Waals surface area contributed by atoms with Crippen LogP contribution in [0.25, 0.3) is 0 Å². The van der Waals surface area contributed by atoms with Gasteiger partial charge in [0, 0.05) is 28.7 Å². The number of nitrogens with one attached hydrogen (secondary N) is 1. The number of Topliss-reactive ketones (excluding diaryl/α,β-unsaturated/α-hetero) is 1. The first-order valence-corrected chi connectivity index (χ1v) is 15.6. The van der Waals surface area contributed by atoms with Crippen LogP contribution in [0.3, 0.4) is 0 Å². The molecule has 0 saturated heterocycles. The monoisotopic (exact) mass is 658 g/mol. The molecule has 4 N–H and O–H groups in total. The number of nitrogens with zero attached hydrogens (tertiary/aromatic N) is 1. The Morgan fingerprint density at radius 3 is 2.51 bits per heavy atom. The maximum atomic E-state index is 17.2. The molecule has 47 heavy (non-hydrogen) atoms. The highest BCUT2D eigenvalue weighted by molar-refractivity contribution is 5.96. The van der Waals surface area contributed by atoms with Crippen molar-refractivity contribution in [1.82, 2.24) is 5.32 Å². The van der Waals surface area contributed by atoms with Crippen molar-refractivity contribution in [2.75, 3.05) is 19.8 Å². The van der Waals surface area contributed by atoms with Crippen molar-refractivity contribution in [2.24, 2.45) is 22.7 Å². The molecule has 0 bridgehead atoms. The minimum Gasteiger partial charge on any atom is -0.456 e. The Bertz CT molecular complexity index is 1530. The Hall–Kier alpha value is -4.01. The minimum absolute atomic E-state index is 0.0365. The number of carbonyl (C=O) groups is 4. The third-order valence-corrected chi connectivity index (χ3v) is 11.0. The third kappa shape index (κ3) is 5.65. The van der Waals surface area contributed by atoms with Crippen LogP contribution < -0.4 is 5.32 Å². The van der Waals surface area contributed by atoms with Crippen molar-refractivity contribution >= 4 is 23.4 Å². The number of amides is 1. The Morgan fingerprint density at radius 2 is 1.83 bits per heavy atom. The molecule has 0 heterocycles. The molecule has 8 atom stereocenters. The molecule has 4 aliphatic rings. The molecule has 1 aromatic rings. The Morgan fingerprint density at radius 1 is 1.13 bits per heavy atom. The number of fused-ring (bicyclic) bond motifs is 5. The van der Waals surface area contributed by atoms with Crippen LogP contribution in [0.15, 0.2) is 48.1 Å². The molecule has 13 nitrogen and oxygen atoms in total. The van der Waals surface area contributed by atoms with E-state index in [9.17, 15) is 44.6 Å². The highest BCUT2D eigenvalue weighted by Crippen LogP contribution is 2.69. The van der Waals surface area contributed by atoms with Crippen LogP contribution in [-0.4, -0.2) is 87.1 Å². The average molecular weight is 659 g/mol. The van der Waals surface area contributed by atoms with Crippen molar-refractivity contribution in [3.63, 3.8) is 0 Å². The molecule has 0 aliphatic heterocycles. The SMILES string of the molecule is C[C@]12C=CC(=O)CC1=CC[C@H]1[C@@H]3C[C@@H](O)[C@](O)(C(=O)COC(=O)CNC(=O)c4ccc(CCCO[N+](=O)[O-])cc4)[C@@]3(C)C[C@H](O)[C@@]12F. The fraction of sp³-hybridized carbons (Fsp3) is 0.576. The molecule has 4 aliphatic carbocycles. The topological polar surface area (TPSA) is 203 Å². The number of benzene rings is 1. The maximum absolute atomic E-state index is 17.2. The summed E-state index contributed by atoms with van der Waals surface area (Å²) in [6, 6.07) is 6.34. The number of esters is 1. The van der Waals surface area contributed by atoms with E-state index in [0.717, 1.165) is 5.56 Å². The summed E-state index contributed by atoms with van der Waals surface area (Å²) in [7, 11) is 0. The van der Waals surface area contributed by atoms with Crippen molar-refractivity contribution in [2.45, 2.75) is 75.9 Å². The van der Waals surface area contributed by atoms with Crippen LogP contribution in [0.4, 0.5) is 4.39 Å². The van der Waals surface area contributed by atoms with Crippen molar-refractivity contribution in [3.8, 4) is 0 Å². The van der Waals surface area contributed by atoms with E-state index in [0.29, 0.717) is 18.4 Å². The predicted octanol–water partition coefficient (Wildman–Crippen LogP) is 1.74. The Balaban J connectivity index is 1.19. The van der Waals surface area contributed by atoms with Crippen molar-refractivity contribution in [1.29, 1.82) is 0 Å². The van der Waals surface area contributed by atoms with Gasteiger partial charge in [-0.05, 0) is 68.7 Å². The Labute approximate surface area is 269 Å². The number of hydrogen-bond acceptors (Lipinski definition) is 11. The van der Waals surface area contributed by atoms with Gasteiger partial charge in [0.25, 0.3) is 11.0 Å². The van der Waals surface area contributed by atoms with Crippen LogP contribution in [0, 0.1) is 32.8 Å². The normalized spacial score (nSPS) is 35.5. The number of halogens is 1. The molecule has 1 aromatic carbocycles. The van der Waals surface area contributed by atoms with Gasteiger partial charge < -0.3 is 30.2 Å². The van der Waals surface area contributed by atoms with Gasteiger partial charge in [-0.3, -0.25) is 19.2 Å². The third-order valence-electron chi connectivity index (χ3n) is 11.0. The summed E-state index contributed by atoms with van der Waals surface area (Å²) >= 11 is 0. The molecule has 2 saturated carbocycles. The zero-order valence-corrected chi connectivity index (χ0v) is 26.1. The molecule has 0 unspecified atom stereocenters. The fourth-order valence-electron chi connectivity index (χ4n) is 8.44. The summed E-state index contributed by atoms with van der Waals surface area (Å²) in [5.41, 5.74) is -5.79. The van der Waals surface area contributed by atoms with Crippen LogP contribution >= 0.6 is 0 Å². The predicted molar refractivity (Wildman–Crippen MR) is 161 cm³/mol. The zero-order chi connectivity index (χ0) is 34.4. The van der Waals surface area contributed by atoms with E-state index in [1.807, 2.05) is 0 Å². The summed E-state index contributed by atoms with van der Waals surface area (Å²) in [6.45, 7) is 1.59. The zero-order valence-electron chi connectivity index (χ0n) is 26.1. The van der Waals surface area contributed by atoms with E-state index >= 15 is 4.39 Å². The number of aliphatic hydroxyl groups is 3. The molecule has 2 fully saturated rings. The van der Waals surface area contributed by atoms with E-state index in [4.69, 9.17) is 4.74 Å². The van der Waals surface area contributed by atoms with Gasteiger partial charge in [-0.25, -0.2) is 4.39 Å². The van der Waals surface area contributed by atoms with Gasteiger partial charge in [0.15, 0.2) is 23.7 Å². The smallest absolute Gasteiger partial charge is 0.325 e. The van der Waals surface area contributed by atoms with Gasteiger partial charge in [-0.2, -0.15) is 0 Å². The molecular formula is C33H39FN2O11. The summed E-state index contributed by atoms with van der Waals surface area (Å²) in [4.78, 5) is 65.0. The first kappa shape index (κ1) is 34.3. The van der Waals surface area contributed by atoms with Crippen LogP contribution in [0.1, 0.15) is 61.9 Å². The number of alkyl halides is 1. The molecular weight excluding hydrogens is 619 g/mol. The summed E-state index contributed by atoms with van der Waals surface area (Å²) in [6.07, 6.45) is 1.92. The molecule has 14 heteroatoms. The van der Waals surface area contributed by atoms with Gasteiger partial charge in [-0.1, -0.05) is 36.8 Å². The highest BCUT2D eigenvalue weighted by Gasteiger charge is 2.76. The van der Waals surface area contributed by atoms with Gasteiger partial charge in [0.05, 0.1) is 18.8 Å². The number of hydrogen-bond donors (Lipinski definition) is 4. The van der Waals surface area contributed by atoms with E-state index in [1.165, 1.54) is 31.2 Å². The number of aryl methyl sites for hydroxylation is 1. The number of rotatable bonds is 11. The molecule has 0 aromatic heterocycles. The summed E-state index contributed by atoms with van der Waals surface area (Å²) in [5, 5.41) is 46.0. The lowest BCUT2D eigenvalue weighted by Gasteiger charge is -2.61. The van der Waals surface area contributed by atoms with E-state index in [-0.39, 0.29) is 43.6 Å². The molecule has 254 valence electrons. The van der Waals surface area contributed by atoms with Crippen LogP contribution in [0.5, 0.6) is 0 Å². The lowest BCUT2D eigenvalue weighted by atomic mass is 9.45. The first-order chi connectivity index (χ1) is 22.1. The number of aliphatic hydroxyl groups excluding tert-OH is 2. The average Bonchev–Trinajstić information content (AvgIpc) is 3.23. The second-order valence-electron chi connectivity index (χ2n) is 13.4. The quantitative estimate of drug-likeness (QED) is 0.0887. The lowest BCUT2D eigenvalue weighted by molar-refractivity contribution is -0.757. The minimum atomic E-state index is -2.45. The highest BCUT2D eigenvalue weighted by atomic mass is 19.1. The van der Waals surface area contributed by atoms with Crippen LogP contribution in [0.2, 0.25) is 0 Å². The van der Waals surface area contributed by atoms with E-state index in [1.54, 1.807) is 25.1 Å². The molecule has 0 radical (unpaired) electrons. The second kappa shape index (κ2) is 12.5. The van der Waals surface area contributed by atoms with Gasteiger partial charge in [0.1, 0.15) is 6.54 Å². The van der Waals surface area contributed by atoms with Gasteiger partial charge in [-0.15, -0.1) is 10.1 Å². The second-order valence-corrected chi connectivity index (χ2v) is 13.4. The van der Waals surface area contributed by atoms with Crippen molar-refractivity contribution in [3.05, 3.63) is 69.3 Å². The largest absolute Gasteiger partial charge is 0.456 e. The number of carbonyl (C=O) groups excluding carboxylic acids is 4. The van der Waals surface area contributed by atoms with E-state index < -0.39 is 82.0 Å². The maximum Gasteiger partial charge on any atom is 0.325 e. The standard InChI is InChI=1S/C33H39FN2O11/c1-30-12-11-22(37)14-21(30)9-10-23-24-15-25(38)33(43,31(24,2)16-26(39)32(23,30)34)27(40)18-46-28(41)17-35-29(42)20-7-5-19(6-8-20)4-3-13-47-36(44)45/h5-9,11-12,23-26,38-39,43H,3-4,10,13-18H2,1-2H3,(H,35,42)/t23-,24-,25+,26-,30-,31-,32-,33-/m0/s1. The van der Waals surface area contributed by atoms with E-state index in [2.05, 4.69) is 10.2 Å². The number of ketones is 2. The summed E-state index contributed by atoms with van der Waals surface area (Å²) < 4.78 is 22.3. The number of allylic oxidation sites excluding steroid dienone is 4. The lowest BCUT2D eigenvalue weighted by Crippen LogP contribution is -2.69. The first-order valence-electron chi connectivity index (χ1n) is 15.6. The van der Waals surface area contributed by atoms with Crippen LogP contribution in [-0.2, 0) is 30.4 Å².